The lowest BCUT2D eigenvalue weighted by molar-refractivity contribution is -0.384. The van der Waals surface area contributed by atoms with Crippen molar-refractivity contribution in [2.24, 2.45) is 5.73 Å². The molecule has 2 amide bonds. The molecule has 6 N–H and O–H groups in total. The molecule has 0 bridgehead atoms. The Morgan fingerprint density at radius 1 is 1.16 bits per heavy atom. The minimum atomic E-state index is -1.12. The van der Waals surface area contributed by atoms with Crippen molar-refractivity contribution < 1.29 is 34.3 Å². The zero-order chi connectivity index (χ0) is 32.0. The molecule has 16 heteroatoms. The molecule has 2 aromatic carbocycles. The van der Waals surface area contributed by atoms with Crippen molar-refractivity contribution in [3.63, 3.8) is 0 Å². The average Bonchev–Trinajstić information content (AvgIpc) is 3.54. The fourth-order valence-electron chi connectivity index (χ4n) is 4.44. The van der Waals surface area contributed by atoms with Crippen LogP contribution in [0, 0.1) is 17.0 Å². The van der Waals surface area contributed by atoms with E-state index in [1.54, 1.807) is 40.5 Å². The van der Waals surface area contributed by atoms with Crippen molar-refractivity contribution in [3.05, 3.63) is 81.2 Å². The number of anilines is 2. The second kappa shape index (κ2) is 13.5. The molecule has 2 heterocycles. The number of nitrogens with one attached hydrogen (secondary N) is 2. The Balaban J connectivity index is 1.60. The highest BCUT2D eigenvalue weighted by Crippen LogP contribution is 2.36. The molecule has 0 saturated heterocycles. The molecule has 4 aromatic rings. The zero-order valence-corrected chi connectivity index (χ0v) is 23.8. The Morgan fingerprint density at radius 2 is 1.93 bits per heavy atom. The Morgan fingerprint density at radius 3 is 2.59 bits per heavy atom. The van der Waals surface area contributed by atoms with E-state index in [4.69, 9.17) is 15.6 Å². The number of nitro groups is 1. The van der Waals surface area contributed by atoms with Crippen molar-refractivity contribution in [2.75, 3.05) is 30.4 Å². The molecule has 16 nitrogen and oxygen atoms in total. The molecule has 0 aliphatic heterocycles. The number of aliphatic hydroxyl groups excluding tert-OH is 1. The maximum atomic E-state index is 13.1. The van der Waals surface area contributed by atoms with Crippen LogP contribution in [0.2, 0.25) is 0 Å². The topological polar surface area (TPSA) is 230 Å². The van der Waals surface area contributed by atoms with Gasteiger partial charge in [-0.1, -0.05) is 12.2 Å². The number of benzene rings is 2. The second-order valence-corrected chi connectivity index (χ2v) is 9.41. The van der Waals surface area contributed by atoms with Crippen LogP contribution in [-0.2, 0) is 13.1 Å². The third-order valence-electron chi connectivity index (χ3n) is 6.42. The van der Waals surface area contributed by atoms with Crippen LogP contribution in [0.1, 0.15) is 43.8 Å². The molecular weight excluding hydrogens is 576 g/mol. The number of ether oxygens (including phenoxy) is 1. The summed E-state index contributed by atoms with van der Waals surface area (Å²) in [6.45, 7) is 3.83. The predicted octanol–water partition coefficient (Wildman–Crippen LogP) is 2.56. The van der Waals surface area contributed by atoms with E-state index in [-0.39, 0.29) is 54.8 Å². The first-order chi connectivity index (χ1) is 21.0. The Labute approximate surface area is 249 Å². The number of carbonyl (C=O) groups excluding carboxylic acids is 2. The third-order valence-corrected chi connectivity index (χ3v) is 6.42. The highest BCUT2D eigenvalue weighted by atomic mass is 16.6. The van der Waals surface area contributed by atoms with Crippen LogP contribution >= 0.6 is 0 Å². The number of nitro benzene ring substituents is 1. The summed E-state index contributed by atoms with van der Waals surface area (Å²) < 4.78 is 8.65. The van der Waals surface area contributed by atoms with Crippen LogP contribution in [0.5, 0.6) is 5.75 Å². The fourth-order valence-corrected chi connectivity index (χ4v) is 4.44. The molecule has 0 radical (unpaired) electrons. The number of nitrogens with two attached hydrogens (primary N) is 1. The number of nitrogens with zero attached hydrogens (tertiary/aromatic N) is 5. The molecule has 0 aliphatic carbocycles. The Bertz CT molecular complexity index is 1770. The number of aromatic carboxylic acids is 1. The first-order valence-corrected chi connectivity index (χ1v) is 13.4. The summed E-state index contributed by atoms with van der Waals surface area (Å²) in [5, 5.41) is 40.3. The smallest absolute Gasteiger partial charge is 0.335 e. The number of hydrogen-bond acceptors (Lipinski definition) is 10. The number of amides is 2. The van der Waals surface area contributed by atoms with Gasteiger partial charge >= 0.3 is 5.97 Å². The van der Waals surface area contributed by atoms with Gasteiger partial charge in [-0.05, 0) is 44.2 Å². The van der Waals surface area contributed by atoms with Gasteiger partial charge < -0.3 is 30.6 Å². The number of primary amides is 1. The largest absolute Gasteiger partial charge is 0.489 e. The SMILES string of the molecule is CCn1nc(C)cc1C(=O)Nc1nc2cc(C(=O)O)ccc2n1C/C=C/CNc1c(OCCO)cc(C(N)=O)cc1[N+](=O)[O-]. The van der Waals surface area contributed by atoms with E-state index < -0.39 is 28.4 Å². The molecule has 0 saturated carbocycles. The maximum Gasteiger partial charge on any atom is 0.335 e. The summed E-state index contributed by atoms with van der Waals surface area (Å²) in [4.78, 5) is 51.8. The lowest BCUT2D eigenvalue weighted by Gasteiger charge is -2.13. The first kappa shape index (κ1) is 31.2. The first-order valence-electron chi connectivity index (χ1n) is 13.4. The van der Waals surface area contributed by atoms with E-state index >= 15 is 0 Å². The van der Waals surface area contributed by atoms with Gasteiger partial charge in [-0.25, -0.2) is 9.78 Å². The van der Waals surface area contributed by atoms with E-state index in [2.05, 4.69) is 20.7 Å². The van der Waals surface area contributed by atoms with E-state index in [0.717, 1.165) is 6.07 Å². The lowest BCUT2D eigenvalue weighted by Crippen LogP contribution is -2.19. The Kier molecular flexibility index (Phi) is 9.54. The number of rotatable bonds is 14. The number of aliphatic hydroxyl groups is 1. The summed E-state index contributed by atoms with van der Waals surface area (Å²) in [6, 6.07) is 8.34. The molecular formula is C28H30N8O8. The number of hydrogen-bond donors (Lipinski definition) is 5. The number of aromatic nitrogens is 4. The van der Waals surface area contributed by atoms with E-state index in [1.165, 1.54) is 18.2 Å². The molecule has 4 rings (SSSR count). The third kappa shape index (κ3) is 6.81. The Hall–Kier alpha value is -5.77. The van der Waals surface area contributed by atoms with Crippen molar-refractivity contribution in [2.45, 2.75) is 26.9 Å². The van der Waals surface area contributed by atoms with Crippen molar-refractivity contribution >= 4 is 46.1 Å². The van der Waals surface area contributed by atoms with Crippen molar-refractivity contribution in [1.29, 1.82) is 0 Å². The molecule has 44 heavy (non-hydrogen) atoms. The molecule has 2 aromatic heterocycles. The summed E-state index contributed by atoms with van der Waals surface area (Å²) in [6.07, 6.45) is 3.38. The van der Waals surface area contributed by atoms with E-state index in [0.29, 0.717) is 29.0 Å². The van der Waals surface area contributed by atoms with Gasteiger partial charge in [0.05, 0.1) is 33.8 Å². The molecule has 0 spiro atoms. The summed E-state index contributed by atoms with van der Waals surface area (Å²) in [7, 11) is 0. The predicted molar refractivity (Wildman–Crippen MR) is 159 cm³/mol. The van der Waals surface area contributed by atoms with Crippen molar-refractivity contribution in [1.82, 2.24) is 19.3 Å². The van der Waals surface area contributed by atoms with E-state index in [9.17, 15) is 29.6 Å². The molecule has 0 fully saturated rings. The van der Waals surface area contributed by atoms with Crippen LogP contribution in [0.25, 0.3) is 11.0 Å². The highest BCUT2D eigenvalue weighted by molar-refractivity contribution is 6.03. The van der Waals surface area contributed by atoms with Gasteiger partial charge in [-0.2, -0.15) is 5.10 Å². The minimum absolute atomic E-state index is 0.0110. The van der Waals surface area contributed by atoms with Gasteiger partial charge in [0.2, 0.25) is 11.9 Å². The molecule has 0 atom stereocenters. The minimum Gasteiger partial charge on any atom is -0.489 e. The quantitative estimate of drug-likeness (QED) is 0.0795. The summed E-state index contributed by atoms with van der Waals surface area (Å²) in [5.41, 5.74) is 6.66. The van der Waals surface area contributed by atoms with Crippen LogP contribution in [0.15, 0.2) is 48.6 Å². The lowest BCUT2D eigenvalue weighted by atomic mass is 10.1. The van der Waals surface area contributed by atoms with Gasteiger partial charge in [0.1, 0.15) is 18.1 Å². The normalized spacial score (nSPS) is 11.2. The molecule has 0 aliphatic rings. The van der Waals surface area contributed by atoms with E-state index in [1.807, 2.05) is 6.92 Å². The van der Waals surface area contributed by atoms with Gasteiger partial charge in [-0.3, -0.25) is 29.7 Å². The van der Waals surface area contributed by atoms with Crippen LogP contribution in [0.3, 0.4) is 0 Å². The monoisotopic (exact) mass is 606 g/mol. The number of allylic oxidation sites excluding steroid dienone is 1. The van der Waals surface area contributed by atoms with Crippen LogP contribution in [-0.4, -0.2) is 72.0 Å². The number of carbonyl (C=O) groups is 3. The number of imidazole rings is 1. The molecule has 0 unspecified atom stereocenters. The van der Waals surface area contributed by atoms with Gasteiger partial charge in [0, 0.05) is 31.3 Å². The standard InChI is InChI=1S/C28H30N8O8/c1-3-35-22(12-16(2)33-35)26(39)32-28-31-19-13-17(27(40)41)6-7-20(19)34(28)9-5-4-8-30-24-21(36(42)43)14-18(25(29)38)15-23(24)44-11-10-37/h4-7,12-15,30,37H,3,8-11H2,1-2H3,(H2,29,38)(H,40,41)(H,31,32,39)/b5-4+. The number of carboxylic acid groups (broad SMARTS) is 1. The summed E-state index contributed by atoms with van der Waals surface area (Å²) in [5.74, 6) is -2.31. The average molecular weight is 607 g/mol. The number of fused-ring (bicyclic) bond motifs is 1. The van der Waals surface area contributed by atoms with Gasteiger partial charge in [0.25, 0.3) is 11.6 Å². The van der Waals surface area contributed by atoms with Crippen LogP contribution < -0.4 is 21.1 Å². The fraction of sp³-hybridized carbons (Fsp3) is 0.250. The van der Waals surface area contributed by atoms with Gasteiger partial charge in [0.15, 0.2) is 5.69 Å². The second-order valence-electron chi connectivity index (χ2n) is 9.41. The summed E-state index contributed by atoms with van der Waals surface area (Å²) >= 11 is 0. The maximum absolute atomic E-state index is 13.1. The van der Waals surface area contributed by atoms with Crippen LogP contribution in [0.4, 0.5) is 17.3 Å². The highest BCUT2D eigenvalue weighted by Gasteiger charge is 2.23. The number of carboxylic acids is 1. The van der Waals surface area contributed by atoms with Crippen molar-refractivity contribution in [3.8, 4) is 5.75 Å². The molecule has 230 valence electrons. The van der Waals surface area contributed by atoms with Gasteiger partial charge in [-0.15, -0.1) is 0 Å². The number of aryl methyl sites for hydroxylation is 2. The zero-order valence-electron chi connectivity index (χ0n) is 23.8.